The average Bonchev–Trinajstić information content (AvgIpc) is 3.07. The molecule has 10 heteroatoms. The number of carboxylic acid groups (broad SMARTS) is 1. The lowest BCUT2D eigenvalue weighted by Crippen LogP contribution is -2.59. The second-order valence-corrected chi connectivity index (χ2v) is 8.58. The molecule has 182 valence electrons. The highest BCUT2D eigenvalue weighted by molar-refractivity contribution is 5.89. The van der Waals surface area contributed by atoms with Gasteiger partial charge in [-0.05, 0) is 42.5 Å². The van der Waals surface area contributed by atoms with E-state index < -0.39 is 48.6 Å². The zero-order chi connectivity index (χ0) is 25.1. The zero-order valence-electron chi connectivity index (χ0n) is 18.6. The number of hydrogen-bond donors (Lipinski definition) is 3. The third-order valence-electron chi connectivity index (χ3n) is 5.67. The van der Waals surface area contributed by atoms with Crippen LogP contribution in [0, 0.1) is 0 Å². The highest BCUT2D eigenvalue weighted by Gasteiger charge is 2.43. The van der Waals surface area contributed by atoms with Crippen LogP contribution in [-0.2, 0) is 14.3 Å². The molecule has 2 aromatic carbocycles. The van der Waals surface area contributed by atoms with Gasteiger partial charge in [-0.3, -0.25) is 9.59 Å². The van der Waals surface area contributed by atoms with Crippen LogP contribution in [0.1, 0.15) is 43.7 Å². The molecule has 3 rings (SSSR count). The van der Waals surface area contributed by atoms with E-state index in [1.165, 1.54) is 13.8 Å². The second kappa shape index (κ2) is 9.74. The summed E-state index contributed by atoms with van der Waals surface area (Å²) in [5.74, 6) is -2.76. The number of ether oxygens (including phenoxy) is 1. The first-order valence-corrected chi connectivity index (χ1v) is 10.6. The van der Waals surface area contributed by atoms with E-state index in [1.54, 1.807) is 5.32 Å². The van der Waals surface area contributed by atoms with Crippen LogP contribution in [0.4, 0.5) is 18.0 Å². The van der Waals surface area contributed by atoms with Gasteiger partial charge in [-0.2, -0.15) is 13.2 Å². The number of carboxylic acids is 1. The Labute approximate surface area is 194 Å². The van der Waals surface area contributed by atoms with Crippen LogP contribution in [0.15, 0.2) is 48.5 Å². The van der Waals surface area contributed by atoms with Gasteiger partial charge in [-0.15, -0.1) is 0 Å². The van der Waals surface area contributed by atoms with Crippen molar-refractivity contribution in [3.05, 3.63) is 59.7 Å². The van der Waals surface area contributed by atoms with Gasteiger partial charge in [-0.1, -0.05) is 48.5 Å². The lowest BCUT2D eigenvalue weighted by molar-refractivity contribution is -0.166. The van der Waals surface area contributed by atoms with E-state index >= 15 is 0 Å². The molecule has 34 heavy (non-hydrogen) atoms. The number of carbonyl (C=O) groups excluding carboxylic acids is 2. The summed E-state index contributed by atoms with van der Waals surface area (Å²) in [5.41, 5.74) is 2.30. The molecule has 1 aliphatic carbocycles. The minimum Gasteiger partial charge on any atom is -0.481 e. The van der Waals surface area contributed by atoms with Crippen molar-refractivity contribution in [3.8, 4) is 11.1 Å². The van der Waals surface area contributed by atoms with Gasteiger partial charge in [-0.25, -0.2) is 4.79 Å². The molecule has 0 saturated heterocycles. The first-order valence-electron chi connectivity index (χ1n) is 10.6. The lowest BCUT2D eigenvalue weighted by atomic mass is 9.98. The van der Waals surface area contributed by atoms with Gasteiger partial charge in [0.05, 0.1) is 0 Å². The molecule has 0 heterocycles. The summed E-state index contributed by atoms with van der Waals surface area (Å²) in [6, 6.07) is 13.1. The molecule has 0 unspecified atom stereocenters. The number of alkyl halides is 3. The van der Waals surface area contributed by atoms with Crippen LogP contribution in [0.5, 0.6) is 0 Å². The predicted octanol–water partition coefficient (Wildman–Crippen LogP) is 4.22. The van der Waals surface area contributed by atoms with Crippen molar-refractivity contribution in [3.63, 3.8) is 0 Å². The van der Waals surface area contributed by atoms with E-state index in [9.17, 15) is 27.6 Å². The van der Waals surface area contributed by atoms with Crippen molar-refractivity contribution in [2.75, 3.05) is 6.61 Å². The van der Waals surface area contributed by atoms with Crippen molar-refractivity contribution < 1.29 is 37.4 Å². The number of amides is 2. The lowest BCUT2D eigenvalue weighted by Gasteiger charge is -2.29. The Morgan fingerprint density at radius 1 is 1.00 bits per heavy atom. The molecule has 0 spiro atoms. The standard InChI is InChI=1S/C24H25F3N2O5/c1-23(2,21(32)28-19(24(25,26)27)11-12-20(30)31)29-22(33)34-13-18-16-9-5-3-7-14(16)15-8-4-6-10-17(15)18/h3-10,18-19H,11-13H2,1-2H3,(H,28,32)(H,29,33)(H,30,31)/t19-/m0/s1. The van der Waals surface area contributed by atoms with Crippen molar-refractivity contribution in [2.24, 2.45) is 0 Å². The molecular formula is C24H25F3N2O5. The smallest absolute Gasteiger partial charge is 0.408 e. The van der Waals surface area contributed by atoms with Gasteiger partial charge in [0, 0.05) is 12.3 Å². The minimum atomic E-state index is -4.84. The molecule has 1 aliphatic rings. The Kier molecular flexibility index (Phi) is 7.18. The van der Waals surface area contributed by atoms with E-state index in [4.69, 9.17) is 9.84 Å². The largest absolute Gasteiger partial charge is 0.481 e. The molecular weight excluding hydrogens is 453 g/mol. The van der Waals surface area contributed by atoms with Crippen LogP contribution in [0.3, 0.4) is 0 Å². The molecule has 7 nitrogen and oxygen atoms in total. The van der Waals surface area contributed by atoms with Crippen LogP contribution < -0.4 is 10.6 Å². The zero-order valence-corrected chi connectivity index (χ0v) is 18.6. The second-order valence-electron chi connectivity index (χ2n) is 8.58. The fourth-order valence-corrected chi connectivity index (χ4v) is 3.87. The van der Waals surface area contributed by atoms with E-state index in [1.807, 2.05) is 48.5 Å². The van der Waals surface area contributed by atoms with E-state index in [0.29, 0.717) is 0 Å². The predicted molar refractivity (Wildman–Crippen MR) is 117 cm³/mol. The fraction of sp³-hybridized carbons (Fsp3) is 0.375. The summed E-state index contributed by atoms with van der Waals surface area (Å²) in [4.78, 5) is 35.5. The summed E-state index contributed by atoms with van der Waals surface area (Å²) < 4.78 is 44.9. The number of nitrogens with one attached hydrogen (secondary N) is 2. The number of carbonyl (C=O) groups is 3. The molecule has 0 fully saturated rings. The molecule has 3 N–H and O–H groups in total. The maximum absolute atomic E-state index is 13.2. The Bertz CT molecular complexity index is 1040. The van der Waals surface area contributed by atoms with Crippen LogP contribution in [-0.4, -0.2) is 47.4 Å². The highest BCUT2D eigenvalue weighted by atomic mass is 19.4. The molecule has 0 saturated carbocycles. The minimum absolute atomic E-state index is 0.0264. The Morgan fingerprint density at radius 2 is 1.53 bits per heavy atom. The third kappa shape index (κ3) is 5.67. The number of fused-ring (bicyclic) bond motifs is 3. The van der Waals surface area contributed by atoms with E-state index in [0.717, 1.165) is 22.3 Å². The third-order valence-corrected chi connectivity index (χ3v) is 5.67. The van der Waals surface area contributed by atoms with Crippen molar-refractivity contribution in [1.82, 2.24) is 10.6 Å². The number of alkyl carbamates (subject to hydrolysis) is 1. The normalized spacial score (nSPS) is 14.0. The number of rotatable bonds is 8. The quantitative estimate of drug-likeness (QED) is 0.527. The molecule has 2 aromatic rings. The van der Waals surface area contributed by atoms with E-state index in [2.05, 4.69) is 5.32 Å². The molecule has 0 radical (unpaired) electrons. The first-order chi connectivity index (χ1) is 15.9. The maximum atomic E-state index is 13.2. The van der Waals surface area contributed by atoms with Gasteiger partial charge >= 0.3 is 18.2 Å². The monoisotopic (exact) mass is 478 g/mol. The Balaban J connectivity index is 1.63. The molecule has 1 atom stereocenters. The molecule has 2 amide bonds. The number of benzene rings is 2. The summed E-state index contributed by atoms with van der Waals surface area (Å²) in [6.07, 6.45) is -7.41. The molecule has 0 bridgehead atoms. The summed E-state index contributed by atoms with van der Waals surface area (Å²) in [5, 5.41) is 12.7. The Morgan fingerprint density at radius 3 is 2.03 bits per heavy atom. The topological polar surface area (TPSA) is 105 Å². The van der Waals surface area contributed by atoms with Crippen LogP contribution >= 0.6 is 0 Å². The van der Waals surface area contributed by atoms with Crippen LogP contribution in [0.25, 0.3) is 11.1 Å². The number of halogens is 3. The van der Waals surface area contributed by atoms with Gasteiger partial charge < -0.3 is 20.5 Å². The molecule has 0 aromatic heterocycles. The van der Waals surface area contributed by atoms with Crippen molar-refractivity contribution in [1.29, 1.82) is 0 Å². The summed E-state index contributed by atoms with van der Waals surface area (Å²) >= 11 is 0. The van der Waals surface area contributed by atoms with Crippen molar-refractivity contribution >= 4 is 18.0 Å². The van der Waals surface area contributed by atoms with Crippen molar-refractivity contribution in [2.45, 2.75) is 50.4 Å². The summed E-state index contributed by atoms with van der Waals surface area (Å²) in [7, 11) is 0. The summed E-state index contributed by atoms with van der Waals surface area (Å²) in [6.45, 7) is 2.43. The fourth-order valence-electron chi connectivity index (χ4n) is 3.87. The van der Waals surface area contributed by atoms with Gasteiger partial charge in [0.2, 0.25) is 5.91 Å². The SMILES string of the molecule is CC(C)(NC(=O)OCC1c2ccccc2-c2ccccc21)C(=O)N[C@@H](CCC(=O)O)C(F)(F)F. The van der Waals surface area contributed by atoms with E-state index in [-0.39, 0.29) is 12.5 Å². The van der Waals surface area contributed by atoms with Gasteiger partial charge in [0.15, 0.2) is 0 Å². The average molecular weight is 478 g/mol. The molecule has 0 aliphatic heterocycles. The Hall–Kier alpha value is -3.56. The van der Waals surface area contributed by atoms with Crippen LogP contribution in [0.2, 0.25) is 0 Å². The maximum Gasteiger partial charge on any atom is 0.408 e. The number of aliphatic carboxylic acids is 1. The van der Waals surface area contributed by atoms with Gasteiger partial charge in [0.1, 0.15) is 18.2 Å². The highest BCUT2D eigenvalue weighted by Crippen LogP contribution is 2.44. The van der Waals surface area contributed by atoms with Gasteiger partial charge in [0.25, 0.3) is 0 Å². The first kappa shape index (κ1) is 25.1. The number of hydrogen-bond acceptors (Lipinski definition) is 4.